The molecule has 0 radical (unpaired) electrons. The molecule has 5 rings (SSSR count). The normalized spacial score (nSPS) is 34.6. The molecule has 0 amide bonds. The molecule has 1 saturated heterocycles. The lowest BCUT2D eigenvalue weighted by Crippen LogP contribution is -2.43. The van der Waals surface area contributed by atoms with Gasteiger partial charge in [-0.1, -0.05) is 12.7 Å². The summed E-state index contributed by atoms with van der Waals surface area (Å²) < 4.78 is 133. The van der Waals surface area contributed by atoms with E-state index in [1.54, 1.807) is 0 Å². The minimum absolute atomic E-state index is 0.0328. The third-order valence-electron chi connectivity index (χ3n) is 4.89. The topological polar surface area (TPSA) is 105 Å². The molecule has 9 nitrogen and oxygen atoms in total. The molecule has 2 aliphatic rings. The first-order valence-electron chi connectivity index (χ1n) is 17.8. The number of carbonyl (C=O) groups excluding carboxylic acids is 1. The van der Waals surface area contributed by atoms with Gasteiger partial charge >= 0.3 is 0 Å². The van der Waals surface area contributed by atoms with Gasteiger partial charge in [-0.15, -0.1) is 0 Å². The van der Waals surface area contributed by atoms with Crippen molar-refractivity contribution in [1.29, 1.82) is 0 Å². The van der Waals surface area contributed by atoms with Crippen molar-refractivity contribution in [3.8, 4) is 0 Å². The monoisotopic (exact) mass is 463 g/mol. The summed E-state index contributed by atoms with van der Waals surface area (Å²) in [6.45, 7) is -7.07. The van der Waals surface area contributed by atoms with Crippen molar-refractivity contribution in [3.05, 3.63) is 46.0 Å². The van der Waals surface area contributed by atoms with Crippen LogP contribution in [0, 0.1) is 6.85 Å². The van der Waals surface area contributed by atoms with Gasteiger partial charge in [0, 0.05) is 58.8 Å². The van der Waals surface area contributed by atoms with Crippen molar-refractivity contribution in [2.75, 3.05) is 36.3 Å². The Morgan fingerprint density at radius 3 is 2.70 bits per heavy atom. The standard InChI is InChI=1S/C24H29N7O2/c1-15-19-14-27-24(28-20-8-7-18(13-26-20)30-11-9-25-10-12-30)29-22(19)31(17-5-3-4-6-17)23(33)21(15)16(2)32/h7-8,13-14,17,25H,3-6,9-12H2,1-2H3,(H,26,27,28,29)/i1D3,3D2,4D2,5D2,6D2,11D2,12D2,17D. The Labute approximate surface area is 214 Å². The van der Waals surface area contributed by atoms with E-state index < -0.39 is 90.8 Å². The van der Waals surface area contributed by atoms with Gasteiger partial charge in [0.2, 0.25) is 5.95 Å². The highest BCUT2D eigenvalue weighted by Crippen LogP contribution is 2.32. The Hall–Kier alpha value is -3.33. The summed E-state index contributed by atoms with van der Waals surface area (Å²) in [4.78, 5) is 40.0. The third kappa shape index (κ3) is 4.08. The molecule has 0 bridgehead atoms. The van der Waals surface area contributed by atoms with Gasteiger partial charge in [0.1, 0.15) is 11.5 Å². The number of fused-ring (bicyclic) bond motifs is 1. The Bertz CT molecular complexity index is 1870. The first-order chi connectivity index (χ1) is 22.1. The van der Waals surface area contributed by atoms with Crippen molar-refractivity contribution in [1.82, 2.24) is 24.8 Å². The van der Waals surface area contributed by atoms with E-state index in [2.05, 4.69) is 25.6 Å². The van der Waals surface area contributed by atoms with E-state index in [0.29, 0.717) is 0 Å². The number of aryl methyl sites for hydroxylation is 1. The van der Waals surface area contributed by atoms with Crippen LogP contribution in [0.15, 0.2) is 29.3 Å². The van der Waals surface area contributed by atoms with E-state index in [0.717, 1.165) is 24.2 Å². The van der Waals surface area contributed by atoms with Gasteiger partial charge in [0.05, 0.1) is 24.3 Å². The number of pyridine rings is 2. The number of carbonyl (C=O) groups is 1. The van der Waals surface area contributed by atoms with Crippen LogP contribution in [-0.4, -0.2) is 51.4 Å². The molecule has 1 aliphatic heterocycles. The third-order valence-corrected chi connectivity index (χ3v) is 4.89. The molecular formula is C24H29N7O2. The average Bonchev–Trinajstić information content (AvgIpc) is 2.99. The minimum atomic E-state index is -3.85. The van der Waals surface area contributed by atoms with Gasteiger partial charge in [-0.05, 0) is 44.2 Å². The number of rotatable bonds is 5. The molecule has 0 unspecified atom stereocenters. The molecule has 1 saturated carbocycles. The molecule has 2 fully saturated rings. The van der Waals surface area contributed by atoms with E-state index in [4.69, 9.17) is 21.9 Å². The zero-order chi connectivity index (χ0) is 37.1. The fraction of sp³-hybridized carbons (Fsp3) is 0.458. The van der Waals surface area contributed by atoms with E-state index in [-0.39, 0.29) is 29.2 Å². The fourth-order valence-electron chi connectivity index (χ4n) is 3.37. The van der Waals surface area contributed by atoms with Crippen LogP contribution in [0.5, 0.6) is 0 Å². The van der Waals surface area contributed by atoms with Crippen LogP contribution in [0.25, 0.3) is 11.0 Å². The molecule has 0 atom stereocenters. The van der Waals surface area contributed by atoms with Gasteiger partial charge in [-0.3, -0.25) is 14.2 Å². The zero-order valence-corrected chi connectivity index (χ0v) is 17.3. The molecular weight excluding hydrogens is 418 g/mol. The van der Waals surface area contributed by atoms with Gasteiger partial charge < -0.3 is 15.5 Å². The fourth-order valence-corrected chi connectivity index (χ4v) is 3.37. The van der Waals surface area contributed by atoms with Gasteiger partial charge in [0.25, 0.3) is 5.56 Å². The van der Waals surface area contributed by atoms with E-state index >= 15 is 0 Å². The number of aromatic nitrogens is 4. The molecule has 33 heavy (non-hydrogen) atoms. The van der Waals surface area contributed by atoms with Gasteiger partial charge in [-0.25, -0.2) is 9.97 Å². The molecule has 3 aromatic heterocycles. The highest BCUT2D eigenvalue weighted by molar-refractivity contribution is 5.99. The maximum atomic E-state index is 14.1. The van der Waals surface area contributed by atoms with E-state index in [9.17, 15) is 9.59 Å². The molecule has 1 aliphatic carbocycles. The highest BCUT2D eigenvalue weighted by Gasteiger charge is 2.25. The summed E-state index contributed by atoms with van der Waals surface area (Å²) in [6.07, 6.45) is -13.3. The SMILES string of the molecule is [2H]C([2H])([2H])c1c(C(C)=O)c(=O)n(C2([2H])C([2H])([2H])C([2H])([2H])C([2H])([2H])C2([2H])[2H])c2nc(Nc3ccc(N4C([2H])([2H])CNCC4([2H])[2H])cn3)ncc12. The second kappa shape index (κ2) is 8.90. The van der Waals surface area contributed by atoms with Crippen molar-refractivity contribution in [3.63, 3.8) is 0 Å². The maximum Gasteiger partial charge on any atom is 0.263 e. The summed E-state index contributed by atoms with van der Waals surface area (Å²) in [6, 6.07) is -1.24. The number of piperazine rings is 1. The molecule has 2 N–H and O–H groups in total. The van der Waals surface area contributed by atoms with Gasteiger partial charge in [0.15, 0.2) is 5.78 Å². The van der Waals surface area contributed by atoms with Crippen LogP contribution in [-0.2, 0) is 0 Å². The molecule has 4 heterocycles. The van der Waals surface area contributed by atoms with Crippen LogP contribution >= 0.6 is 0 Å². The summed E-state index contributed by atoms with van der Waals surface area (Å²) >= 11 is 0. The Balaban J connectivity index is 1.76. The number of nitrogens with zero attached hydrogens (tertiary/aromatic N) is 5. The molecule has 0 spiro atoms. The predicted octanol–water partition coefficient (Wildman–Crippen LogP) is 2.97. The van der Waals surface area contributed by atoms with Crippen LogP contribution in [0.2, 0.25) is 0 Å². The molecule has 9 heteroatoms. The lowest BCUT2D eigenvalue weighted by molar-refractivity contribution is 0.101. The first kappa shape index (κ1) is 9.89. The van der Waals surface area contributed by atoms with Crippen molar-refractivity contribution in [2.24, 2.45) is 0 Å². The second-order valence-electron chi connectivity index (χ2n) is 7.01. The van der Waals surface area contributed by atoms with Crippen LogP contribution in [0.1, 0.15) is 76.3 Å². The lowest BCUT2D eigenvalue weighted by atomic mass is 10.0. The van der Waals surface area contributed by atoms with Crippen molar-refractivity contribution >= 4 is 34.3 Å². The quantitative estimate of drug-likeness (QED) is 0.557. The van der Waals surface area contributed by atoms with Crippen molar-refractivity contribution < 1.29 is 26.7 Å². The second-order valence-corrected chi connectivity index (χ2v) is 7.01. The number of anilines is 3. The minimum Gasteiger partial charge on any atom is -0.368 e. The number of hydrogen-bond donors (Lipinski definition) is 2. The predicted molar refractivity (Wildman–Crippen MR) is 129 cm³/mol. The smallest absolute Gasteiger partial charge is 0.263 e. The van der Waals surface area contributed by atoms with Gasteiger partial charge in [-0.2, -0.15) is 4.98 Å². The number of nitrogens with one attached hydrogen (secondary N) is 2. The largest absolute Gasteiger partial charge is 0.368 e. The maximum absolute atomic E-state index is 14.1. The van der Waals surface area contributed by atoms with E-state index in [1.807, 2.05) is 0 Å². The summed E-state index contributed by atoms with van der Waals surface area (Å²) in [5.74, 6) is -1.75. The Kier molecular flexibility index (Phi) is 2.67. The van der Waals surface area contributed by atoms with Crippen LogP contribution in [0.4, 0.5) is 17.5 Å². The van der Waals surface area contributed by atoms with Crippen molar-refractivity contribution in [2.45, 2.75) is 45.3 Å². The molecule has 3 aromatic rings. The Morgan fingerprint density at radius 2 is 2.03 bits per heavy atom. The average molecular weight is 464 g/mol. The zero-order valence-electron chi connectivity index (χ0n) is 33.3. The summed E-state index contributed by atoms with van der Waals surface area (Å²) in [5.41, 5.74) is -4.62. The number of ketones is 1. The molecule has 0 aromatic carbocycles. The Morgan fingerprint density at radius 1 is 1.24 bits per heavy atom. The van der Waals surface area contributed by atoms with Crippen LogP contribution in [0.3, 0.4) is 0 Å². The highest BCUT2D eigenvalue weighted by atomic mass is 16.1. The van der Waals surface area contributed by atoms with Crippen LogP contribution < -0.4 is 21.1 Å². The lowest BCUT2D eigenvalue weighted by Gasteiger charge is -2.29. The number of Topliss-reactive ketones (excluding diaryl/α,β-unsaturated/α-hetero) is 1. The summed E-state index contributed by atoms with van der Waals surface area (Å²) in [5, 5.41) is 4.66. The summed E-state index contributed by atoms with van der Waals surface area (Å²) in [7, 11) is 0. The van der Waals surface area contributed by atoms with E-state index in [1.165, 1.54) is 12.1 Å². The molecule has 172 valence electrons. The first-order valence-corrected chi connectivity index (χ1v) is 9.81. The number of hydrogen-bond acceptors (Lipinski definition) is 8.